The van der Waals surface area contributed by atoms with Gasteiger partial charge in [-0.25, -0.2) is 0 Å². The third kappa shape index (κ3) is 1.80. The minimum Gasteiger partial charge on any atom is -0.397 e. The Bertz CT molecular complexity index is 529. The van der Waals surface area contributed by atoms with Crippen molar-refractivity contribution in [3.63, 3.8) is 0 Å². The standard InChI is InChI=1S/C9H9F3N4/c1-5-8-6(13)2-14-3-7(8)15-16(5)4-9(10,11)12/h2-3H,4,13H2,1H3. The minimum absolute atomic E-state index is 0.337. The number of hydrogen-bond acceptors (Lipinski definition) is 3. The summed E-state index contributed by atoms with van der Waals surface area (Å²) in [6.45, 7) is 0.435. The number of aromatic nitrogens is 3. The van der Waals surface area contributed by atoms with Crippen LogP contribution in [0.4, 0.5) is 18.9 Å². The second kappa shape index (κ2) is 3.36. The van der Waals surface area contributed by atoms with Gasteiger partial charge >= 0.3 is 6.18 Å². The Morgan fingerprint density at radius 3 is 2.62 bits per heavy atom. The van der Waals surface area contributed by atoms with Gasteiger partial charge in [-0.1, -0.05) is 0 Å². The van der Waals surface area contributed by atoms with Gasteiger partial charge in [0.15, 0.2) is 0 Å². The highest BCUT2D eigenvalue weighted by atomic mass is 19.4. The quantitative estimate of drug-likeness (QED) is 0.813. The van der Waals surface area contributed by atoms with Crippen molar-refractivity contribution in [2.45, 2.75) is 19.6 Å². The summed E-state index contributed by atoms with van der Waals surface area (Å²) in [7, 11) is 0. The topological polar surface area (TPSA) is 56.7 Å². The first-order valence-corrected chi connectivity index (χ1v) is 4.52. The fraction of sp³-hybridized carbons (Fsp3) is 0.333. The number of anilines is 1. The summed E-state index contributed by atoms with van der Waals surface area (Å²) < 4.78 is 37.6. The molecule has 0 spiro atoms. The number of fused-ring (bicyclic) bond motifs is 1. The van der Waals surface area contributed by atoms with E-state index >= 15 is 0 Å². The average molecular weight is 230 g/mol. The van der Waals surface area contributed by atoms with Crippen molar-refractivity contribution < 1.29 is 13.2 Å². The molecule has 0 radical (unpaired) electrons. The Morgan fingerprint density at radius 1 is 1.38 bits per heavy atom. The van der Waals surface area contributed by atoms with Crippen molar-refractivity contribution in [1.29, 1.82) is 0 Å². The van der Waals surface area contributed by atoms with Gasteiger partial charge in [0.25, 0.3) is 0 Å². The zero-order chi connectivity index (χ0) is 11.9. The van der Waals surface area contributed by atoms with Crippen molar-refractivity contribution >= 4 is 16.6 Å². The molecule has 0 amide bonds. The number of halogens is 3. The number of alkyl halides is 3. The highest BCUT2D eigenvalue weighted by molar-refractivity contribution is 5.91. The maximum absolute atomic E-state index is 12.2. The van der Waals surface area contributed by atoms with Crippen LogP contribution in [0.1, 0.15) is 5.69 Å². The van der Waals surface area contributed by atoms with E-state index in [9.17, 15) is 13.2 Å². The molecule has 86 valence electrons. The molecule has 16 heavy (non-hydrogen) atoms. The van der Waals surface area contributed by atoms with Gasteiger partial charge in [-0.05, 0) is 6.92 Å². The molecule has 2 aromatic rings. The summed E-state index contributed by atoms with van der Waals surface area (Å²) in [6, 6.07) is 0. The number of aryl methyl sites for hydroxylation is 1. The van der Waals surface area contributed by atoms with E-state index in [4.69, 9.17) is 5.73 Å². The molecule has 2 heterocycles. The molecule has 0 saturated heterocycles. The Labute approximate surface area is 88.9 Å². The molecule has 2 rings (SSSR count). The summed E-state index contributed by atoms with van der Waals surface area (Å²) in [5.41, 5.74) is 6.75. The van der Waals surface area contributed by atoms with Gasteiger partial charge in [0, 0.05) is 11.1 Å². The zero-order valence-electron chi connectivity index (χ0n) is 8.41. The van der Waals surface area contributed by atoms with Crippen LogP contribution in [-0.4, -0.2) is 20.9 Å². The molecule has 4 nitrogen and oxygen atoms in total. The molecule has 0 fully saturated rings. The maximum atomic E-state index is 12.2. The number of nitrogen functional groups attached to an aromatic ring is 1. The van der Waals surface area contributed by atoms with E-state index in [-0.39, 0.29) is 0 Å². The summed E-state index contributed by atoms with van der Waals surface area (Å²) in [6.07, 6.45) is -1.50. The Morgan fingerprint density at radius 2 is 2.06 bits per heavy atom. The zero-order valence-corrected chi connectivity index (χ0v) is 8.41. The van der Waals surface area contributed by atoms with E-state index < -0.39 is 12.7 Å². The summed E-state index contributed by atoms with van der Waals surface area (Å²) in [4.78, 5) is 3.78. The fourth-order valence-electron chi connectivity index (χ4n) is 1.59. The van der Waals surface area contributed by atoms with Crippen LogP contribution >= 0.6 is 0 Å². The summed E-state index contributed by atoms with van der Waals surface area (Å²) in [5.74, 6) is 0. The molecule has 0 aliphatic carbocycles. The van der Waals surface area contributed by atoms with E-state index in [2.05, 4.69) is 10.1 Å². The number of pyridine rings is 1. The molecule has 2 aromatic heterocycles. The van der Waals surface area contributed by atoms with Gasteiger partial charge in [0.05, 0.1) is 18.1 Å². The Balaban J connectivity index is 2.57. The van der Waals surface area contributed by atoms with Gasteiger partial charge in [-0.15, -0.1) is 0 Å². The van der Waals surface area contributed by atoms with Crippen LogP contribution < -0.4 is 5.73 Å². The smallest absolute Gasteiger partial charge is 0.397 e. The average Bonchev–Trinajstić information content (AvgIpc) is 2.42. The molecule has 0 unspecified atom stereocenters. The lowest BCUT2D eigenvalue weighted by molar-refractivity contribution is -0.142. The lowest BCUT2D eigenvalue weighted by Crippen LogP contribution is -2.19. The van der Waals surface area contributed by atoms with Crippen LogP contribution in [0.15, 0.2) is 12.4 Å². The summed E-state index contributed by atoms with van der Waals surface area (Å²) in [5, 5.41) is 4.34. The lowest BCUT2D eigenvalue weighted by atomic mass is 10.2. The maximum Gasteiger partial charge on any atom is 0.408 e. The number of hydrogen-bond donors (Lipinski definition) is 1. The van der Waals surface area contributed by atoms with Gasteiger partial charge < -0.3 is 5.73 Å². The monoisotopic (exact) mass is 230 g/mol. The lowest BCUT2D eigenvalue weighted by Gasteiger charge is -2.07. The molecule has 0 aliphatic rings. The van der Waals surface area contributed by atoms with Crippen LogP contribution in [0.5, 0.6) is 0 Å². The minimum atomic E-state index is -4.30. The van der Waals surface area contributed by atoms with E-state index in [0.717, 1.165) is 4.68 Å². The van der Waals surface area contributed by atoms with Crippen molar-refractivity contribution in [2.75, 3.05) is 5.73 Å². The third-order valence-corrected chi connectivity index (χ3v) is 2.26. The normalized spacial score (nSPS) is 12.2. The van der Waals surface area contributed by atoms with Gasteiger partial charge in [0.2, 0.25) is 0 Å². The van der Waals surface area contributed by atoms with Gasteiger partial charge in [0.1, 0.15) is 12.1 Å². The van der Waals surface area contributed by atoms with Crippen molar-refractivity contribution in [2.24, 2.45) is 0 Å². The first-order valence-electron chi connectivity index (χ1n) is 4.52. The predicted molar refractivity (Wildman–Crippen MR) is 52.7 cm³/mol. The molecular weight excluding hydrogens is 221 g/mol. The molecule has 0 saturated carbocycles. The van der Waals surface area contributed by atoms with Crippen LogP contribution in [0.25, 0.3) is 10.9 Å². The number of nitrogens with zero attached hydrogens (tertiary/aromatic N) is 3. The molecule has 2 N–H and O–H groups in total. The second-order valence-corrected chi connectivity index (χ2v) is 3.48. The van der Waals surface area contributed by atoms with E-state index in [1.54, 1.807) is 6.92 Å². The Kier molecular flexibility index (Phi) is 2.25. The molecule has 7 heteroatoms. The highest BCUT2D eigenvalue weighted by Gasteiger charge is 2.29. The second-order valence-electron chi connectivity index (χ2n) is 3.48. The Hall–Kier alpha value is -1.79. The van der Waals surface area contributed by atoms with Crippen molar-refractivity contribution in [3.8, 4) is 0 Å². The molecule has 0 aliphatic heterocycles. The third-order valence-electron chi connectivity index (χ3n) is 2.26. The van der Waals surface area contributed by atoms with Crippen LogP contribution in [0.3, 0.4) is 0 Å². The molecular formula is C9H9F3N4. The van der Waals surface area contributed by atoms with Crippen LogP contribution in [-0.2, 0) is 6.54 Å². The first kappa shape index (κ1) is 10.7. The van der Waals surface area contributed by atoms with Crippen molar-refractivity contribution in [1.82, 2.24) is 14.8 Å². The molecule has 0 aromatic carbocycles. The SMILES string of the molecule is Cc1c2c(N)cncc2nn1CC(F)(F)F. The summed E-state index contributed by atoms with van der Waals surface area (Å²) >= 11 is 0. The van der Waals surface area contributed by atoms with E-state index in [1.807, 2.05) is 0 Å². The largest absolute Gasteiger partial charge is 0.408 e. The van der Waals surface area contributed by atoms with E-state index in [1.165, 1.54) is 12.4 Å². The van der Waals surface area contributed by atoms with Gasteiger partial charge in [-0.3, -0.25) is 9.67 Å². The van der Waals surface area contributed by atoms with Crippen LogP contribution in [0.2, 0.25) is 0 Å². The highest BCUT2D eigenvalue weighted by Crippen LogP contribution is 2.25. The fourth-order valence-corrected chi connectivity index (χ4v) is 1.59. The first-order chi connectivity index (χ1) is 7.38. The molecule has 0 atom stereocenters. The van der Waals surface area contributed by atoms with Crippen LogP contribution in [0, 0.1) is 6.92 Å². The van der Waals surface area contributed by atoms with Crippen molar-refractivity contribution in [3.05, 3.63) is 18.1 Å². The number of nitrogens with two attached hydrogens (primary N) is 1. The van der Waals surface area contributed by atoms with E-state index in [0.29, 0.717) is 22.3 Å². The predicted octanol–water partition coefficient (Wildman–Crippen LogP) is 1.88. The number of rotatable bonds is 1. The van der Waals surface area contributed by atoms with Gasteiger partial charge in [-0.2, -0.15) is 18.3 Å². The molecule has 0 bridgehead atoms.